The average Bonchev–Trinajstić information content (AvgIpc) is 3.11. The molecule has 2 N–H and O–H groups in total. The van der Waals surface area contributed by atoms with E-state index in [9.17, 15) is 0 Å². The molecule has 0 amide bonds. The first-order valence-electron chi connectivity index (χ1n) is 6.82. The van der Waals surface area contributed by atoms with Gasteiger partial charge >= 0.3 is 0 Å². The molecule has 2 rings (SSSR count). The maximum absolute atomic E-state index is 6.00. The zero-order valence-electron chi connectivity index (χ0n) is 10.1. The Kier molecular flexibility index (Phi) is 4.04. The van der Waals surface area contributed by atoms with E-state index in [1.54, 1.807) is 0 Å². The zero-order valence-corrected chi connectivity index (χ0v) is 10.1. The third-order valence-electron chi connectivity index (χ3n) is 4.24. The number of hydrogen-bond donors (Lipinski definition) is 1. The van der Waals surface area contributed by atoms with Crippen LogP contribution in [0.3, 0.4) is 0 Å². The third kappa shape index (κ3) is 2.73. The molecule has 0 spiro atoms. The Morgan fingerprint density at radius 2 is 1.80 bits per heavy atom. The van der Waals surface area contributed by atoms with Crippen molar-refractivity contribution < 1.29 is 0 Å². The molecule has 88 valence electrons. The maximum Gasteiger partial charge on any atom is 0.0249 e. The van der Waals surface area contributed by atoms with Crippen LogP contribution in [-0.2, 0) is 0 Å². The van der Waals surface area contributed by atoms with E-state index in [2.05, 4.69) is 11.8 Å². The van der Waals surface area contributed by atoms with E-state index >= 15 is 0 Å². The smallest absolute Gasteiger partial charge is 0.0249 e. The minimum atomic E-state index is 0.683. The van der Waals surface area contributed by atoms with Gasteiger partial charge in [-0.3, -0.25) is 4.90 Å². The molecule has 2 heteroatoms. The molecule has 2 nitrogen and oxygen atoms in total. The van der Waals surface area contributed by atoms with Crippen LogP contribution in [0.25, 0.3) is 0 Å². The normalized spacial score (nSPS) is 25.8. The van der Waals surface area contributed by atoms with Gasteiger partial charge in [0, 0.05) is 18.6 Å². The maximum atomic E-state index is 6.00. The van der Waals surface area contributed by atoms with Gasteiger partial charge in [-0.15, -0.1) is 0 Å². The molecule has 2 fully saturated rings. The van der Waals surface area contributed by atoms with E-state index in [1.165, 1.54) is 51.5 Å². The summed E-state index contributed by atoms with van der Waals surface area (Å²) in [6, 6.07) is 1.56. The molecule has 2 aliphatic carbocycles. The molecular formula is C13H26N2. The summed E-state index contributed by atoms with van der Waals surface area (Å²) in [5, 5.41) is 0. The first kappa shape index (κ1) is 11.4. The second-order valence-electron chi connectivity index (χ2n) is 5.26. The van der Waals surface area contributed by atoms with E-state index in [-0.39, 0.29) is 0 Å². The second-order valence-corrected chi connectivity index (χ2v) is 5.26. The molecular weight excluding hydrogens is 184 g/mol. The van der Waals surface area contributed by atoms with Crippen molar-refractivity contribution in [3.63, 3.8) is 0 Å². The van der Waals surface area contributed by atoms with Gasteiger partial charge in [0.15, 0.2) is 0 Å². The number of nitrogens with zero attached hydrogens (tertiary/aromatic N) is 1. The molecule has 0 aromatic heterocycles. The van der Waals surface area contributed by atoms with Gasteiger partial charge in [-0.2, -0.15) is 0 Å². The Hall–Kier alpha value is -0.0800. The van der Waals surface area contributed by atoms with Crippen molar-refractivity contribution in [2.45, 2.75) is 64.0 Å². The fourth-order valence-corrected chi connectivity index (χ4v) is 3.29. The standard InChI is InChI=1S/C13H26N2/c1-2-15(12-8-9-12)13(10-14)11-6-4-3-5-7-11/h11-13H,2-10,14H2,1H3. The molecule has 1 atom stereocenters. The first-order chi connectivity index (χ1) is 7.36. The monoisotopic (exact) mass is 210 g/mol. The summed E-state index contributed by atoms with van der Waals surface area (Å²) in [6.07, 6.45) is 9.99. The van der Waals surface area contributed by atoms with Crippen LogP contribution in [0.5, 0.6) is 0 Å². The van der Waals surface area contributed by atoms with Crippen LogP contribution in [0.1, 0.15) is 51.9 Å². The minimum absolute atomic E-state index is 0.683. The van der Waals surface area contributed by atoms with Gasteiger partial charge in [-0.1, -0.05) is 26.2 Å². The Morgan fingerprint density at radius 3 is 2.27 bits per heavy atom. The lowest BCUT2D eigenvalue weighted by Gasteiger charge is -2.38. The highest BCUT2D eigenvalue weighted by Crippen LogP contribution is 2.34. The molecule has 1 unspecified atom stereocenters. The summed E-state index contributed by atoms with van der Waals surface area (Å²) >= 11 is 0. The summed E-state index contributed by atoms with van der Waals surface area (Å²) in [5.74, 6) is 0.893. The summed E-state index contributed by atoms with van der Waals surface area (Å²) in [5.41, 5.74) is 6.00. The predicted octanol–water partition coefficient (Wildman–Crippen LogP) is 2.38. The van der Waals surface area contributed by atoms with Crippen molar-refractivity contribution >= 4 is 0 Å². The summed E-state index contributed by atoms with van der Waals surface area (Å²) < 4.78 is 0. The van der Waals surface area contributed by atoms with E-state index in [0.29, 0.717) is 6.04 Å². The highest BCUT2D eigenvalue weighted by molar-refractivity contribution is 4.91. The lowest BCUT2D eigenvalue weighted by Crippen LogP contribution is -2.47. The fraction of sp³-hybridized carbons (Fsp3) is 1.00. The summed E-state index contributed by atoms with van der Waals surface area (Å²) in [6.45, 7) is 4.36. The number of rotatable bonds is 5. The topological polar surface area (TPSA) is 29.3 Å². The average molecular weight is 210 g/mol. The zero-order chi connectivity index (χ0) is 10.7. The minimum Gasteiger partial charge on any atom is -0.329 e. The van der Waals surface area contributed by atoms with Gasteiger partial charge in [0.2, 0.25) is 0 Å². The Labute approximate surface area is 94.2 Å². The number of hydrogen-bond acceptors (Lipinski definition) is 2. The van der Waals surface area contributed by atoms with Crippen LogP contribution in [0.15, 0.2) is 0 Å². The summed E-state index contributed by atoms with van der Waals surface area (Å²) in [7, 11) is 0. The number of likely N-dealkylation sites (N-methyl/N-ethyl adjacent to an activating group) is 1. The van der Waals surface area contributed by atoms with Gasteiger partial charge < -0.3 is 5.73 Å². The van der Waals surface area contributed by atoms with E-state index < -0.39 is 0 Å². The molecule has 0 bridgehead atoms. The Balaban J connectivity index is 1.93. The van der Waals surface area contributed by atoms with Crippen LogP contribution in [-0.4, -0.2) is 30.1 Å². The van der Waals surface area contributed by atoms with Crippen LogP contribution in [0.4, 0.5) is 0 Å². The van der Waals surface area contributed by atoms with Gasteiger partial charge in [0.25, 0.3) is 0 Å². The highest BCUT2D eigenvalue weighted by Gasteiger charge is 2.35. The van der Waals surface area contributed by atoms with E-state index in [1.807, 2.05) is 0 Å². The molecule has 2 aliphatic rings. The number of nitrogens with two attached hydrogens (primary N) is 1. The molecule has 0 aromatic carbocycles. The molecule has 2 saturated carbocycles. The van der Waals surface area contributed by atoms with Crippen molar-refractivity contribution in [3.8, 4) is 0 Å². The largest absolute Gasteiger partial charge is 0.329 e. The second kappa shape index (κ2) is 5.31. The molecule has 0 heterocycles. The molecule has 0 saturated heterocycles. The molecule has 15 heavy (non-hydrogen) atoms. The van der Waals surface area contributed by atoms with Crippen molar-refractivity contribution in [1.82, 2.24) is 4.90 Å². The van der Waals surface area contributed by atoms with Gasteiger partial charge in [0.1, 0.15) is 0 Å². The van der Waals surface area contributed by atoms with Crippen molar-refractivity contribution in [1.29, 1.82) is 0 Å². The van der Waals surface area contributed by atoms with Crippen molar-refractivity contribution in [2.24, 2.45) is 11.7 Å². The quantitative estimate of drug-likeness (QED) is 0.755. The van der Waals surface area contributed by atoms with Gasteiger partial charge in [-0.05, 0) is 38.1 Å². The van der Waals surface area contributed by atoms with Crippen LogP contribution < -0.4 is 5.73 Å². The van der Waals surface area contributed by atoms with Gasteiger partial charge in [-0.25, -0.2) is 0 Å². The van der Waals surface area contributed by atoms with Crippen LogP contribution in [0, 0.1) is 5.92 Å². The molecule has 0 radical (unpaired) electrons. The lowest BCUT2D eigenvalue weighted by molar-refractivity contribution is 0.120. The van der Waals surface area contributed by atoms with Crippen molar-refractivity contribution in [3.05, 3.63) is 0 Å². The SMILES string of the molecule is CCN(C1CC1)C(CN)C1CCCCC1. The molecule has 0 aliphatic heterocycles. The Bertz CT molecular complexity index is 183. The van der Waals surface area contributed by atoms with Crippen molar-refractivity contribution in [2.75, 3.05) is 13.1 Å². The Morgan fingerprint density at radius 1 is 1.13 bits per heavy atom. The highest BCUT2D eigenvalue weighted by atomic mass is 15.2. The van der Waals surface area contributed by atoms with Crippen LogP contribution in [0.2, 0.25) is 0 Å². The van der Waals surface area contributed by atoms with Gasteiger partial charge in [0.05, 0.1) is 0 Å². The fourth-order valence-electron chi connectivity index (χ4n) is 3.29. The third-order valence-corrected chi connectivity index (χ3v) is 4.24. The molecule has 0 aromatic rings. The predicted molar refractivity (Wildman–Crippen MR) is 64.8 cm³/mol. The van der Waals surface area contributed by atoms with E-state index in [0.717, 1.165) is 18.5 Å². The summed E-state index contributed by atoms with van der Waals surface area (Å²) in [4.78, 5) is 2.69. The first-order valence-corrected chi connectivity index (χ1v) is 6.82. The lowest BCUT2D eigenvalue weighted by atomic mass is 9.83. The van der Waals surface area contributed by atoms with E-state index in [4.69, 9.17) is 5.73 Å². The van der Waals surface area contributed by atoms with Crippen LogP contribution >= 0.6 is 0 Å².